The number of pyridine rings is 2. The maximum absolute atomic E-state index is 12.6. The lowest BCUT2D eigenvalue weighted by Crippen LogP contribution is -2.22. The van der Waals surface area contributed by atoms with Gasteiger partial charge in [0.2, 0.25) is 0 Å². The summed E-state index contributed by atoms with van der Waals surface area (Å²) in [5, 5.41) is 0. The van der Waals surface area contributed by atoms with Crippen LogP contribution in [0.25, 0.3) is 11.0 Å². The van der Waals surface area contributed by atoms with Gasteiger partial charge in [0.15, 0.2) is 11.2 Å². The van der Waals surface area contributed by atoms with Gasteiger partial charge in [-0.2, -0.15) is 0 Å². The van der Waals surface area contributed by atoms with Crippen LogP contribution in [0.3, 0.4) is 0 Å². The summed E-state index contributed by atoms with van der Waals surface area (Å²) in [6.07, 6.45) is 1.80. The summed E-state index contributed by atoms with van der Waals surface area (Å²) < 4.78 is 24.9. The number of aromatic amines is 2. The zero-order valence-electron chi connectivity index (χ0n) is 11.8. The number of primary amides is 1. The topological polar surface area (TPSA) is 161 Å². The van der Waals surface area contributed by atoms with Gasteiger partial charge in [-0.3, -0.25) is 14.6 Å². The lowest BCUT2D eigenvalue weighted by Gasteiger charge is -1.98. The number of amides is 1. The molecule has 0 atom stereocenters. The Bertz CT molecular complexity index is 1030. The van der Waals surface area contributed by atoms with Crippen LogP contribution < -0.4 is 22.7 Å². The van der Waals surface area contributed by atoms with E-state index in [0.29, 0.717) is 0 Å². The molecule has 0 aliphatic heterocycles. The van der Waals surface area contributed by atoms with E-state index in [0.717, 1.165) is 24.5 Å². The van der Waals surface area contributed by atoms with Gasteiger partial charge in [-0.05, 0) is 0 Å². The maximum atomic E-state index is 12.6. The monoisotopic (exact) mass is 368 g/mol. The average Bonchev–Trinajstić information content (AvgIpc) is 2.46. The summed E-state index contributed by atoms with van der Waals surface area (Å²) in [6, 6.07) is 2.03. The summed E-state index contributed by atoms with van der Waals surface area (Å²) in [5.74, 6) is -1.95. The number of fused-ring (bicyclic) bond motifs is 1. The number of nitrogen functional groups attached to an aromatic ring is 1. The number of hydrogen-bond donors (Lipinski definition) is 4. The van der Waals surface area contributed by atoms with Crippen LogP contribution in [0.15, 0.2) is 34.1 Å². The summed E-state index contributed by atoms with van der Waals surface area (Å²) >= 11 is 0. The van der Waals surface area contributed by atoms with Gasteiger partial charge in [0.1, 0.15) is 11.6 Å². The number of anilines is 1. The highest BCUT2D eigenvalue weighted by molar-refractivity contribution is 5.95. The minimum absolute atomic E-state index is 0. The van der Waals surface area contributed by atoms with E-state index in [1.165, 1.54) is 0 Å². The predicted molar refractivity (Wildman–Crippen MR) is 93.5 cm³/mol. The van der Waals surface area contributed by atoms with Crippen LogP contribution >= 0.6 is 0 Å². The van der Waals surface area contributed by atoms with Gasteiger partial charge in [-0.1, -0.05) is 14.9 Å². The first-order chi connectivity index (χ1) is 11.3. The smallest absolute Gasteiger partial charge is 0.326 e. The quantitative estimate of drug-likeness (QED) is 0.499. The van der Waals surface area contributed by atoms with Gasteiger partial charge < -0.3 is 16.5 Å². The number of halogens is 2. The van der Waals surface area contributed by atoms with Gasteiger partial charge in [-0.15, -0.1) is 0 Å². The van der Waals surface area contributed by atoms with Crippen LogP contribution in [0.4, 0.5) is 14.5 Å². The van der Waals surface area contributed by atoms with Gasteiger partial charge in [0.25, 0.3) is 11.5 Å². The van der Waals surface area contributed by atoms with Crippen LogP contribution in [-0.4, -0.2) is 25.8 Å². The fraction of sp³-hybridized carbons (Fsp3) is 0.133. The van der Waals surface area contributed by atoms with Crippen LogP contribution in [0.2, 0.25) is 0 Å². The van der Waals surface area contributed by atoms with Crippen molar-refractivity contribution in [2.24, 2.45) is 5.73 Å². The second kappa shape index (κ2) is 9.01. The molecule has 3 rings (SSSR count). The van der Waals surface area contributed by atoms with Crippen molar-refractivity contribution in [2.75, 3.05) is 5.73 Å². The van der Waals surface area contributed by atoms with Crippen molar-refractivity contribution >= 4 is 22.6 Å². The van der Waals surface area contributed by atoms with Crippen molar-refractivity contribution in [3.63, 3.8) is 0 Å². The maximum Gasteiger partial charge on any atom is 0.326 e. The molecule has 0 fully saturated rings. The standard InChI is InChI=1S/C7H4FN3O2.C6H6FN3O.2CH4/c8-3-1-4-5(9-2-3)6(12)11-7(13)10-4;7-3-1-4(8)5(6(9)11)10-2-3;;/h1-2H,(H2,10,11,12,13);1-2H,8H2,(H2,9,11);2*1H4. The number of carbonyl (C=O) groups is 1. The molecule has 6 N–H and O–H groups in total. The molecule has 0 saturated heterocycles. The molecule has 0 bridgehead atoms. The minimum atomic E-state index is -0.762. The third kappa shape index (κ3) is 5.19. The third-order valence-electron chi connectivity index (χ3n) is 2.66. The zero-order valence-corrected chi connectivity index (χ0v) is 11.8. The molecule has 0 radical (unpaired) electrons. The van der Waals surface area contributed by atoms with Gasteiger partial charge in [0.05, 0.1) is 23.6 Å². The lowest BCUT2D eigenvalue weighted by atomic mass is 10.3. The number of rotatable bonds is 1. The molecule has 0 aliphatic carbocycles. The van der Waals surface area contributed by atoms with Crippen LogP contribution in [0.5, 0.6) is 0 Å². The van der Waals surface area contributed by atoms with Crippen LogP contribution in [0.1, 0.15) is 25.3 Å². The molecular weight excluding hydrogens is 350 g/mol. The third-order valence-corrected chi connectivity index (χ3v) is 2.66. The molecule has 0 aromatic carbocycles. The zero-order chi connectivity index (χ0) is 17.9. The first-order valence-corrected chi connectivity index (χ1v) is 6.26. The van der Waals surface area contributed by atoms with Crippen molar-refractivity contribution < 1.29 is 13.6 Å². The Labute approximate surface area is 146 Å². The molecule has 0 spiro atoms. The van der Waals surface area contributed by atoms with E-state index in [1.54, 1.807) is 0 Å². The van der Waals surface area contributed by atoms with E-state index in [1.807, 2.05) is 4.98 Å². The Morgan fingerprint density at radius 3 is 2.15 bits per heavy atom. The summed E-state index contributed by atoms with van der Waals surface area (Å²) in [4.78, 5) is 43.5. The number of aromatic nitrogens is 4. The molecule has 1 amide bonds. The normalized spacial score (nSPS) is 9.31. The SMILES string of the molecule is C.C.NC(=O)c1ncc(F)cc1N.O=c1[nH]c(=O)c2ncc(F)cc2[nH]1. The molecule has 0 saturated carbocycles. The van der Waals surface area contributed by atoms with Crippen molar-refractivity contribution in [1.29, 1.82) is 0 Å². The molecule has 0 unspecified atom stereocenters. The van der Waals surface area contributed by atoms with Crippen LogP contribution in [-0.2, 0) is 0 Å². The Hall–Kier alpha value is -3.63. The Morgan fingerprint density at radius 1 is 1.00 bits per heavy atom. The number of nitrogens with one attached hydrogen (secondary N) is 2. The minimum Gasteiger partial charge on any atom is -0.397 e. The highest BCUT2D eigenvalue weighted by atomic mass is 19.1. The Kier molecular flexibility index (Phi) is 7.75. The predicted octanol–water partition coefficient (Wildman–Crippen LogP) is 0.924. The number of carbonyl (C=O) groups excluding carboxylic acids is 1. The number of H-pyrrole nitrogens is 2. The van der Waals surface area contributed by atoms with Gasteiger partial charge in [0, 0.05) is 12.1 Å². The van der Waals surface area contributed by atoms with Crippen molar-refractivity contribution in [2.45, 2.75) is 14.9 Å². The van der Waals surface area contributed by atoms with E-state index >= 15 is 0 Å². The highest BCUT2D eigenvalue weighted by Gasteiger charge is 2.07. The molecular formula is C15H18F2N6O3. The summed E-state index contributed by atoms with van der Waals surface area (Å²) in [7, 11) is 0. The first-order valence-electron chi connectivity index (χ1n) is 6.26. The van der Waals surface area contributed by atoms with E-state index in [9.17, 15) is 23.2 Å². The van der Waals surface area contributed by atoms with Crippen LogP contribution in [0, 0.1) is 11.6 Å². The number of nitrogens with zero attached hydrogens (tertiary/aromatic N) is 2. The fourth-order valence-corrected chi connectivity index (χ4v) is 1.69. The van der Waals surface area contributed by atoms with Gasteiger partial charge in [-0.25, -0.2) is 23.5 Å². The highest BCUT2D eigenvalue weighted by Crippen LogP contribution is 2.08. The van der Waals surface area contributed by atoms with Gasteiger partial charge >= 0.3 is 5.69 Å². The molecule has 3 aromatic rings. The largest absolute Gasteiger partial charge is 0.397 e. The lowest BCUT2D eigenvalue weighted by molar-refractivity contribution is 0.0996. The number of nitrogens with two attached hydrogens (primary N) is 2. The number of hydrogen-bond acceptors (Lipinski definition) is 6. The first kappa shape index (κ1) is 22.4. The molecule has 26 heavy (non-hydrogen) atoms. The second-order valence-electron chi connectivity index (χ2n) is 4.41. The molecule has 140 valence electrons. The van der Waals surface area contributed by atoms with Crippen molar-refractivity contribution in [3.8, 4) is 0 Å². The molecule has 11 heteroatoms. The fourth-order valence-electron chi connectivity index (χ4n) is 1.69. The van der Waals surface area contributed by atoms with E-state index in [-0.39, 0.29) is 37.3 Å². The second-order valence-corrected chi connectivity index (χ2v) is 4.41. The summed E-state index contributed by atoms with van der Waals surface area (Å²) in [5.41, 5.74) is 8.73. The van der Waals surface area contributed by atoms with Crippen molar-refractivity contribution in [3.05, 3.63) is 62.7 Å². The van der Waals surface area contributed by atoms with E-state index in [2.05, 4.69) is 15.0 Å². The summed E-state index contributed by atoms with van der Waals surface area (Å²) in [6.45, 7) is 0. The van der Waals surface area contributed by atoms with E-state index < -0.39 is 28.8 Å². The molecule has 0 aliphatic rings. The molecule has 3 heterocycles. The van der Waals surface area contributed by atoms with E-state index in [4.69, 9.17) is 11.5 Å². The average molecular weight is 368 g/mol. The Balaban J connectivity index is 0.000000453. The molecule has 3 aromatic heterocycles. The molecule has 9 nitrogen and oxygen atoms in total. The van der Waals surface area contributed by atoms with Crippen molar-refractivity contribution in [1.82, 2.24) is 19.9 Å². The Morgan fingerprint density at radius 2 is 1.58 bits per heavy atom.